The molecule has 0 bridgehead atoms. The number of carbonyl (C=O) groups excluding carboxylic acids is 1. The van der Waals surface area contributed by atoms with Crippen LogP contribution in [-0.2, 0) is 4.79 Å². The first-order valence-corrected chi connectivity index (χ1v) is 7.69. The molecule has 0 aromatic heterocycles. The normalized spacial score (nSPS) is 15.8. The van der Waals surface area contributed by atoms with Gasteiger partial charge in [-0.15, -0.1) is 0 Å². The summed E-state index contributed by atoms with van der Waals surface area (Å²) in [6, 6.07) is 7.25. The molecule has 0 aliphatic heterocycles. The van der Waals surface area contributed by atoms with Crippen molar-refractivity contribution in [3.8, 4) is 5.75 Å². The Bertz CT molecular complexity index is 460. The van der Waals surface area contributed by atoms with Gasteiger partial charge in [0.1, 0.15) is 5.75 Å². The molecule has 1 aromatic carbocycles. The number of benzene rings is 1. The van der Waals surface area contributed by atoms with E-state index in [1.54, 1.807) is 19.1 Å². The van der Waals surface area contributed by atoms with Crippen LogP contribution in [0.1, 0.15) is 33.1 Å². The van der Waals surface area contributed by atoms with Gasteiger partial charge >= 0.3 is 0 Å². The average Bonchev–Trinajstić information content (AvgIpc) is 3.24. The second-order valence-electron chi connectivity index (χ2n) is 5.42. The zero-order chi connectivity index (χ0) is 14.5. The zero-order valence-corrected chi connectivity index (χ0v) is 12.9. The minimum atomic E-state index is -0.500. The molecule has 1 aliphatic carbocycles. The van der Waals surface area contributed by atoms with Gasteiger partial charge in [-0.3, -0.25) is 4.79 Å². The van der Waals surface area contributed by atoms with Gasteiger partial charge in [-0.05, 0) is 44.2 Å². The highest BCUT2D eigenvalue weighted by molar-refractivity contribution is 6.32. The van der Waals surface area contributed by atoms with Crippen molar-refractivity contribution >= 4 is 17.5 Å². The summed E-state index contributed by atoms with van der Waals surface area (Å²) in [4.78, 5) is 14.4. The highest BCUT2D eigenvalue weighted by Crippen LogP contribution is 2.30. The molecule has 0 N–H and O–H groups in total. The third kappa shape index (κ3) is 4.14. The fourth-order valence-corrected chi connectivity index (χ4v) is 2.39. The molecule has 0 saturated heterocycles. The zero-order valence-electron chi connectivity index (χ0n) is 12.1. The highest BCUT2D eigenvalue weighted by Gasteiger charge is 2.29. The lowest BCUT2D eigenvalue weighted by molar-refractivity contribution is -0.138. The Morgan fingerprint density at radius 2 is 2.15 bits per heavy atom. The molecule has 2 rings (SSSR count). The van der Waals surface area contributed by atoms with E-state index in [-0.39, 0.29) is 5.91 Å². The minimum Gasteiger partial charge on any atom is -0.479 e. The molecule has 0 spiro atoms. The van der Waals surface area contributed by atoms with E-state index in [9.17, 15) is 4.79 Å². The van der Waals surface area contributed by atoms with E-state index in [0.29, 0.717) is 16.7 Å². The van der Waals surface area contributed by atoms with E-state index < -0.39 is 6.10 Å². The summed E-state index contributed by atoms with van der Waals surface area (Å²) >= 11 is 6.06. The van der Waals surface area contributed by atoms with E-state index in [1.165, 1.54) is 12.8 Å². The predicted octanol–water partition coefficient (Wildman–Crippen LogP) is 3.76. The van der Waals surface area contributed by atoms with Gasteiger partial charge in [0.05, 0.1) is 5.02 Å². The third-order valence-corrected chi connectivity index (χ3v) is 3.78. The Kier molecular flexibility index (Phi) is 5.30. The summed E-state index contributed by atoms with van der Waals surface area (Å²) in [6.07, 6.45) is 2.96. The van der Waals surface area contributed by atoms with Crippen molar-refractivity contribution in [1.29, 1.82) is 0 Å². The Morgan fingerprint density at radius 3 is 2.75 bits per heavy atom. The SMILES string of the molecule is CCCN(CC1CC1)C(=O)C(C)Oc1ccccc1Cl. The molecule has 1 unspecified atom stereocenters. The van der Waals surface area contributed by atoms with Gasteiger partial charge in [0, 0.05) is 13.1 Å². The fraction of sp³-hybridized carbons (Fsp3) is 0.562. The molecule has 1 saturated carbocycles. The lowest BCUT2D eigenvalue weighted by Gasteiger charge is -2.26. The summed E-state index contributed by atoms with van der Waals surface area (Å²) in [5, 5.41) is 0.538. The lowest BCUT2D eigenvalue weighted by atomic mass is 10.2. The quantitative estimate of drug-likeness (QED) is 0.766. The molecule has 1 amide bonds. The standard InChI is InChI=1S/C16H22ClNO2/c1-3-10-18(11-13-8-9-13)16(19)12(2)20-15-7-5-4-6-14(15)17/h4-7,12-13H,3,8-11H2,1-2H3. The van der Waals surface area contributed by atoms with Crippen LogP contribution in [0, 0.1) is 5.92 Å². The molecule has 110 valence electrons. The van der Waals surface area contributed by atoms with Crippen LogP contribution in [0.2, 0.25) is 5.02 Å². The smallest absolute Gasteiger partial charge is 0.263 e. The molecular weight excluding hydrogens is 274 g/mol. The summed E-state index contributed by atoms with van der Waals surface area (Å²) in [7, 11) is 0. The molecule has 1 atom stereocenters. The van der Waals surface area contributed by atoms with Crippen molar-refractivity contribution in [2.45, 2.75) is 39.2 Å². The van der Waals surface area contributed by atoms with Crippen molar-refractivity contribution in [3.63, 3.8) is 0 Å². The number of amides is 1. The molecule has 1 fully saturated rings. The molecule has 4 heteroatoms. The number of ether oxygens (including phenoxy) is 1. The molecule has 0 radical (unpaired) electrons. The molecule has 3 nitrogen and oxygen atoms in total. The fourth-order valence-electron chi connectivity index (χ4n) is 2.21. The molecule has 20 heavy (non-hydrogen) atoms. The molecule has 1 aliphatic rings. The first kappa shape index (κ1) is 15.2. The number of hydrogen-bond acceptors (Lipinski definition) is 2. The van der Waals surface area contributed by atoms with E-state index in [4.69, 9.17) is 16.3 Å². The van der Waals surface area contributed by atoms with Crippen molar-refractivity contribution in [2.24, 2.45) is 5.92 Å². The minimum absolute atomic E-state index is 0.0543. The lowest BCUT2D eigenvalue weighted by Crippen LogP contribution is -2.42. The highest BCUT2D eigenvalue weighted by atomic mass is 35.5. The van der Waals surface area contributed by atoms with Crippen molar-refractivity contribution in [2.75, 3.05) is 13.1 Å². The average molecular weight is 296 g/mol. The predicted molar refractivity (Wildman–Crippen MR) is 81.1 cm³/mol. The van der Waals surface area contributed by atoms with Gasteiger partial charge < -0.3 is 9.64 Å². The van der Waals surface area contributed by atoms with Crippen LogP contribution in [0.25, 0.3) is 0 Å². The maximum absolute atomic E-state index is 12.5. The van der Waals surface area contributed by atoms with E-state index in [2.05, 4.69) is 6.92 Å². The topological polar surface area (TPSA) is 29.5 Å². The van der Waals surface area contributed by atoms with Crippen molar-refractivity contribution in [3.05, 3.63) is 29.3 Å². The van der Waals surface area contributed by atoms with E-state index >= 15 is 0 Å². The summed E-state index contributed by atoms with van der Waals surface area (Å²) in [5.74, 6) is 1.31. The van der Waals surface area contributed by atoms with Gasteiger partial charge in [0.2, 0.25) is 0 Å². The summed E-state index contributed by atoms with van der Waals surface area (Å²) < 4.78 is 5.71. The first-order valence-electron chi connectivity index (χ1n) is 7.31. The van der Waals surface area contributed by atoms with Crippen LogP contribution in [0.5, 0.6) is 5.75 Å². The van der Waals surface area contributed by atoms with Gasteiger partial charge in [-0.25, -0.2) is 0 Å². The van der Waals surface area contributed by atoms with Crippen molar-refractivity contribution in [1.82, 2.24) is 4.90 Å². The van der Waals surface area contributed by atoms with Crippen LogP contribution in [0.4, 0.5) is 0 Å². The summed E-state index contributed by atoms with van der Waals surface area (Å²) in [5.41, 5.74) is 0. The maximum Gasteiger partial charge on any atom is 0.263 e. The Hall–Kier alpha value is -1.22. The number of hydrogen-bond donors (Lipinski definition) is 0. The molecule has 1 aromatic rings. The van der Waals surface area contributed by atoms with Crippen molar-refractivity contribution < 1.29 is 9.53 Å². The van der Waals surface area contributed by atoms with Gasteiger partial charge in [-0.2, -0.15) is 0 Å². The Balaban J connectivity index is 1.96. The van der Waals surface area contributed by atoms with Gasteiger partial charge in [0.25, 0.3) is 5.91 Å². The largest absolute Gasteiger partial charge is 0.479 e. The number of para-hydroxylation sites is 1. The van der Waals surface area contributed by atoms with Crippen LogP contribution in [0.15, 0.2) is 24.3 Å². The Morgan fingerprint density at radius 1 is 1.45 bits per heavy atom. The van der Waals surface area contributed by atoms with Crippen LogP contribution < -0.4 is 4.74 Å². The number of halogens is 1. The van der Waals surface area contributed by atoms with E-state index in [0.717, 1.165) is 19.5 Å². The van der Waals surface area contributed by atoms with Gasteiger partial charge in [-0.1, -0.05) is 30.7 Å². The maximum atomic E-state index is 12.5. The second kappa shape index (κ2) is 6.98. The second-order valence-corrected chi connectivity index (χ2v) is 5.83. The first-order chi connectivity index (χ1) is 9.61. The Labute approximate surface area is 125 Å². The van der Waals surface area contributed by atoms with Crippen LogP contribution in [0.3, 0.4) is 0 Å². The number of rotatable bonds is 7. The number of carbonyl (C=O) groups is 1. The van der Waals surface area contributed by atoms with Gasteiger partial charge in [0.15, 0.2) is 6.10 Å². The monoisotopic (exact) mass is 295 g/mol. The summed E-state index contributed by atoms with van der Waals surface area (Å²) in [6.45, 7) is 5.54. The van der Waals surface area contributed by atoms with Crippen LogP contribution in [-0.4, -0.2) is 30.0 Å². The third-order valence-electron chi connectivity index (χ3n) is 3.47. The molecule has 0 heterocycles. The number of nitrogens with zero attached hydrogens (tertiary/aromatic N) is 1. The molecular formula is C16H22ClNO2. The van der Waals surface area contributed by atoms with E-state index in [1.807, 2.05) is 17.0 Å². The van der Waals surface area contributed by atoms with Crippen LogP contribution >= 0.6 is 11.6 Å².